The number of fused-ring (bicyclic) bond motifs is 4. The van der Waals surface area contributed by atoms with Crippen molar-refractivity contribution in [1.29, 1.82) is 0 Å². The van der Waals surface area contributed by atoms with Gasteiger partial charge in [0.25, 0.3) is 0 Å². The van der Waals surface area contributed by atoms with Crippen molar-refractivity contribution in [3.05, 3.63) is 117 Å². The summed E-state index contributed by atoms with van der Waals surface area (Å²) in [6.45, 7) is 12.5. The topological polar surface area (TPSA) is 55.8 Å². The van der Waals surface area contributed by atoms with Crippen molar-refractivity contribution in [2.24, 2.45) is 0 Å². The molecule has 0 amide bonds. The van der Waals surface area contributed by atoms with E-state index in [1.54, 1.807) is 6.08 Å². The first kappa shape index (κ1) is 29.3. The van der Waals surface area contributed by atoms with Crippen molar-refractivity contribution in [1.82, 2.24) is 0 Å². The molecule has 1 aliphatic carbocycles. The number of anilines is 3. The van der Waals surface area contributed by atoms with Gasteiger partial charge < -0.3 is 0 Å². The van der Waals surface area contributed by atoms with E-state index in [9.17, 15) is 9.59 Å². The first-order chi connectivity index (χ1) is 21.5. The number of allylic oxidation sites excluding steroid dienone is 1. The number of carbonyl (C=O) groups excluding carboxylic acids is 2. The molecule has 0 spiro atoms. The molecule has 226 valence electrons. The molecule has 0 bridgehead atoms. The third kappa shape index (κ3) is 4.84. The van der Waals surface area contributed by atoms with Crippen LogP contribution < -0.4 is 14.4 Å². The predicted octanol–water partition coefficient (Wildman–Crippen LogP) is 9.04. The molecule has 7 rings (SSSR count). The van der Waals surface area contributed by atoms with Crippen molar-refractivity contribution in [3.63, 3.8) is 0 Å². The Bertz CT molecular complexity index is 1950. The summed E-state index contributed by atoms with van der Waals surface area (Å²) in [6, 6.07) is 26.7. The first-order valence-corrected chi connectivity index (χ1v) is 17.2. The molecule has 2 heterocycles. The Morgan fingerprint density at radius 3 is 1.91 bits per heavy atom. The van der Waals surface area contributed by atoms with Gasteiger partial charge in [-0.05, 0) is 23.3 Å². The molecule has 0 radical (unpaired) electrons. The minimum atomic E-state index is -0.252. The molecule has 0 atom stereocenters. The Morgan fingerprint density at radius 2 is 1.29 bits per heavy atom. The normalized spacial score (nSPS) is 16.0. The average Bonchev–Trinajstić information content (AvgIpc) is 3.55. The van der Waals surface area contributed by atoms with Gasteiger partial charge in [-0.25, -0.2) is 0 Å². The monoisotopic (exact) mass is 661 g/mol. The van der Waals surface area contributed by atoms with Gasteiger partial charge in [0.2, 0.25) is 0 Å². The molecule has 5 aromatic rings. The van der Waals surface area contributed by atoms with Gasteiger partial charge in [-0.15, -0.1) is 0 Å². The Labute approximate surface area is 269 Å². The minimum absolute atomic E-state index is 0.121. The van der Waals surface area contributed by atoms with Crippen LogP contribution >= 0.6 is 0 Å². The van der Waals surface area contributed by atoms with Crippen LogP contribution in [0.15, 0.2) is 89.4 Å². The van der Waals surface area contributed by atoms with Crippen LogP contribution in [-0.2, 0) is 5.41 Å². The van der Waals surface area contributed by atoms with Crippen LogP contribution in [0.4, 0.5) is 17.1 Å². The second-order valence-corrected chi connectivity index (χ2v) is 14.7. The van der Waals surface area contributed by atoms with Gasteiger partial charge in [-0.3, -0.25) is 0 Å². The number of benzene rings is 4. The Kier molecular flexibility index (Phi) is 7.11. The third-order valence-electron chi connectivity index (χ3n) is 8.57. The quantitative estimate of drug-likeness (QED) is 0.103. The van der Waals surface area contributed by atoms with Crippen LogP contribution in [0.2, 0.25) is 0 Å². The fourth-order valence-corrected chi connectivity index (χ4v) is 8.25. The Hall–Kier alpha value is -4.38. The molecule has 2 aliphatic rings. The van der Waals surface area contributed by atoms with E-state index < -0.39 is 0 Å². The van der Waals surface area contributed by atoms with Crippen LogP contribution in [-0.4, -0.2) is 38.3 Å². The molecule has 45 heavy (non-hydrogen) atoms. The zero-order valence-electron chi connectivity index (χ0n) is 26.3. The van der Waals surface area contributed by atoms with Crippen molar-refractivity contribution in [2.75, 3.05) is 4.90 Å². The Balaban J connectivity index is 1.44. The summed E-state index contributed by atoms with van der Waals surface area (Å²) in [7, 11) is 0. The summed E-state index contributed by atoms with van der Waals surface area (Å²) in [5, 5.41) is 1.03. The molecule has 1 aromatic heterocycles. The third-order valence-corrected chi connectivity index (χ3v) is 10.4. The number of Topliss-reactive ketones (excluding diaryl/α,β-unsaturated/α-hetero) is 2. The van der Waals surface area contributed by atoms with Gasteiger partial charge in [0.15, 0.2) is 0 Å². The van der Waals surface area contributed by atoms with Crippen molar-refractivity contribution in [2.45, 2.75) is 59.2 Å². The van der Waals surface area contributed by atoms with E-state index in [1.807, 2.05) is 58.0 Å². The second kappa shape index (κ2) is 10.9. The fourth-order valence-electron chi connectivity index (χ4n) is 6.55. The summed E-state index contributed by atoms with van der Waals surface area (Å²) >= 11 is 0.179. The summed E-state index contributed by atoms with van der Waals surface area (Å²) in [5.74, 6) is 0.721. The van der Waals surface area contributed by atoms with Gasteiger partial charge in [0.05, 0.1) is 0 Å². The summed E-state index contributed by atoms with van der Waals surface area (Å²) < 4.78 is 14.1. The maximum atomic E-state index is 13.7. The molecule has 4 aromatic carbocycles. The maximum absolute atomic E-state index is 13.7. The van der Waals surface area contributed by atoms with E-state index >= 15 is 0 Å². The molecule has 0 unspecified atom stereocenters. The number of ketones is 2. The summed E-state index contributed by atoms with van der Waals surface area (Å²) in [5.41, 5.74) is 6.90. The number of ether oxygens (including phenoxy) is 2. The van der Waals surface area contributed by atoms with Gasteiger partial charge >= 0.3 is 192 Å². The van der Waals surface area contributed by atoms with E-state index in [0.717, 1.165) is 26.7 Å². The summed E-state index contributed by atoms with van der Waals surface area (Å²) in [6.07, 6.45) is 1.42. The molecule has 5 nitrogen and oxygen atoms in total. The molecule has 0 saturated carbocycles. The van der Waals surface area contributed by atoms with Crippen LogP contribution in [0.1, 0.15) is 78.9 Å². The standard InChI is InChI=1S/C39H35NO4Se/c1-22(2)43-34-21-33(40-31-13-9-7-11-29(31)39(5,6)30-12-8-10-14-32(30)40)35(44-23(3)4)19-25(34)18-28-37(41)26-17-24-15-16-45-36(24)20-27(26)38(28)42/h7-23H,1-6H3/b28-18-. The predicted molar refractivity (Wildman–Crippen MR) is 182 cm³/mol. The van der Waals surface area contributed by atoms with E-state index in [2.05, 4.69) is 72.2 Å². The number of para-hydroxylation sites is 2. The van der Waals surface area contributed by atoms with E-state index in [1.165, 1.54) is 11.1 Å². The van der Waals surface area contributed by atoms with E-state index in [4.69, 9.17) is 9.47 Å². The molecule has 0 N–H and O–H groups in total. The van der Waals surface area contributed by atoms with Crippen LogP contribution in [0.3, 0.4) is 0 Å². The number of rotatable bonds is 6. The van der Waals surface area contributed by atoms with Crippen molar-refractivity contribution in [3.8, 4) is 11.5 Å². The van der Waals surface area contributed by atoms with Gasteiger partial charge in [-0.2, -0.15) is 0 Å². The molecular weight excluding hydrogens is 625 g/mol. The number of nitrogens with zero attached hydrogens (tertiary/aromatic N) is 1. The van der Waals surface area contributed by atoms with E-state index in [0.29, 0.717) is 28.2 Å². The van der Waals surface area contributed by atoms with Crippen LogP contribution in [0.5, 0.6) is 11.5 Å². The zero-order valence-corrected chi connectivity index (χ0v) is 28.0. The Morgan fingerprint density at radius 1 is 0.711 bits per heavy atom. The average molecular weight is 661 g/mol. The number of hydrogen-bond donors (Lipinski definition) is 0. The first-order valence-electron chi connectivity index (χ1n) is 15.4. The van der Waals surface area contributed by atoms with Crippen LogP contribution in [0.25, 0.3) is 15.7 Å². The van der Waals surface area contributed by atoms with Gasteiger partial charge in [0.1, 0.15) is 0 Å². The molecular formula is C39H35NO4Se. The van der Waals surface area contributed by atoms with Crippen molar-refractivity contribution < 1.29 is 19.1 Å². The molecule has 0 saturated heterocycles. The fraction of sp³-hybridized carbons (Fsp3) is 0.231. The van der Waals surface area contributed by atoms with Gasteiger partial charge in [0, 0.05) is 5.41 Å². The van der Waals surface area contributed by atoms with Gasteiger partial charge in [-0.1, -0.05) is 50.2 Å². The molecule has 6 heteroatoms. The number of carbonyl (C=O) groups is 2. The van der Waals surface area contributed by atoms with E-state index in [-0.39, 0.29) is 49.3 Å². The van der Waals surface area contributed by atoms with Crippen molar-refractivity contribution >= 4 is 58.9 Å². The molecule has 1 aliphatic heterocycles. The SMILES string of the molecule is CC(C)Oc1cc(N2c3ccccc3C(C)(C)c3ccccc32)c(OC(C)C)cc1/C=C1/C(=O)c2cc3cc[se]c3cc2C1=O. The van der Waals surface area contributed by atoms with Crippen LogP contribution in [0, 0.1) is 0 Å². The summed E-state index contributed by atoms with van der Waals surface area (Å²) in [4.78, 5) is 31.7. The second-order valence-electron chi connectivity index (χ2n) is 12.8. The number of hydrogen-bond acceptors (Lipinski definition) is 5. The zero-order chi connectivity index (χ0) is 31.6. The molecule has 0 fully saturated rings.